The van der Waals surface area contributed by atoms with E-state index in [1.165, 1.54) is 12.3 Å². The maximum Gasteiger partial charge on any atom is 0.274 e. The molecule has 1 aromatic carbocycles. The molecule has 0 spiro atoms. The highest BCUT2D eigenvalue weighted by molar-refractivity contribution is 6.04. The van der Waals surface area contributed by atoms with Crippen LogP contribution in [0, 0.1) is 11.3 Å². The molecule has 0 saturated carbocycles. The number of rotatable bonds is 6. The number of anilines is 1. The summed E-state index contributed by atoms with van der Waals surface area (Å²) in [4.78, 5) is 34.8. The molecule has 3 aromatic rings. The normalized spacial score (nSPS) is 10.1. The van der Waals surface area contributed by atoms with E-state index in [1.54, 1.807) is 54.7 Å². The fourth-order valence-electron chi connectivity index (χ4n) is 2.72. The molecule has 7 heteroatoms. The zero-order chi connectivity index (χ0) is 20.6. The monoisotopic (exact) mass is 385 g/mol. The highest BCUT2D eigenvalue weighted by atomic mass is 16.2. The summed E-state index contributed by atoms with van der Waals surface area (Å²) >= 11 is 0. The Bertz CT molecular complexity index is 1060. The summed E-state index contributed by atoms with van der Waals surface area (Å²) in [6, 6.07) is 15.5. The van der Waals surface area contributed by atoms with Crippen LogP contribution in [0.15, 0.2) is 67.1 Å². The number of hydrogen-bond acceptors (Lipinski definition) is 5. The standard InChI is InChI=1S/C22H19N5O2/c1-27(12-8-16-5-9-24-10-6-16)22(29)18-7-11-25-20(14-18)21(28)26-19-4-2-3-17(13-19)15-23/h2-7,9-11,13-14H,8,12H2,1H3,(H,26,28). The maximum absolute atomic E-state index is 12.7. The SMILES string of the molecule is CN(CCc1ccncc1)C(=O)c1ccnc(C(=O)Nc2cccc(C#N)c2)c1. The maximum atomic E-state index is 12.7. The second-order valence-corrected chi connectivity index (χ2v) is 6.41. The molecule has 0 aliphatic carbocycles. The van der Waals surface area contributed by atoms with Crippen LogP contribution in [0.3, 0.4) is 0 Å². The molecule has 2 amide bonds. The Morgan fingerprint density at radius 2 is 1.90 bits per heavy atom. The largest absolute Gasteiger partial charge is 0.341 e. The minimum Gasteiger partial charge on any atom is -0.341 e. The van der Waals surface area contributed by atoms with Gasteiger partial charge in [-0.3, -0.25) is 19.6 Å². The smallest absolute Gasteiger partial charge is 0.274 e. The summed E-state index contributed by atoms with van der Waals surface area (Å²) in [5.74, 6) is -0.642. The molecule has 1 N–H and O–H groups in total. The van der Waals surface area contributed by atoms with Gasteiger partial charge < -0.3 is 10.2 Å². The number of aromatic nitrogens is 2. The van der Waals surface area contributed by atoms with Crippen LogP contribution >= 0.6 is 0 Å². The number of amides is 2. The number of nitrogens with one attached hydrogen (secondary N) is 1. The summed E-state index contributed by atoms with van der Waals surface area (Å²) in [5, 5.41) is 11.7. The van der Waals surface area contributed by atoms with Crippen LogP contribution in [0.4, 0.5) is 5.69 Å². The summed E-state index contributed by atoms with van der Waals surface area (Å²) in [6.45, 7) is 0.535. The first-order chi connectivity index (χ1) is 14.1. The second kappa shape index (κ2) is 9.24. The van der Waals surface area contributed by atoms with Crippen molar-refractivity contribution in [2.75, 3.05) is 18.9 Å². The van der Waals surface area contributed by atoms with Crippen molar-refractivity contribution >= 4 is 17.5 Å². The van der Waals surface area contributed by atoms with Crippen molar-refractivity contribution in [2.45, 2.75) is 6.42 Å². The zero-order valence-corrected chi connectivity index (χ0v) is 15.9. The van der Waals surface area contributed by atoms with Crippen molar-refractivity contribution in [1.82, 2.24) is 14.9 Å². The molecule has 0 bridgehead atoms. The topological polar surface area (TPSA) is 99.0 Å². The number of pyridine rings is 2. The number of nitrogens with zero attached hydrogens (tertiary/aromatic N) is 4. The molecule has 2 heterocycles. The molecule has 7 nitrogen and oxygen atoms in total. The van der Waals surface area contributed by atoms with Gasteiger partial charge in [0.05, 0.1) is 11.6 Å². The Kier molecular flexibility index (Phi) is 6.28. The molecule has 0 aliphatic rings. The van der Waals surface area contributed by atoms with E-state index < -0.39 is 5.91 Å². The zero-order valence-electron chi connectivity index (χ0n) is 15.9. The number of carbonyl (C=O) groups is 2. The third-order valence-electron chi connectivity index (χ3n) is 4.32. The van der Waals surface area contributed by atoms with Crippen LogP contribution in [0.1, 0.15) is 32.0 Å². The van der Waals surface area contributed by atoms with Crippen molar-refractivity contribution < 1.29 is 9.59 Å². The van der Waals surface area contributed by atoms with Crippen molar-refractivity contribution in [3.05, 3.63) is 89.5 Å². The van der Waals surface area contributed by atoms with E-state index in [4.69, 9.17) is 5.26 Å². The Morgan fingerprint density at radius 1 is 1.10 bits per heavy atom. The Labute approximate surface area is 168 Å². The lowest BCUT2D eigenvalue weighted by atomic mass is 10.1. The number of likely N-dealkylation sites (N-methyl/N-ethyl adjacent to an activating group) is 1. The first-order valence-electron chi connectivity index (χ1n) is 8.99. The molecule has 2 aromatic heterocycles. The average Bonchev–Trinajstić information content (AvgIpc) is 2.77. The molecule has 144 valence electrons. The molecule has 0 unspecified atom stereocenters. The van der Waals surface area contributed by atoms with E-state index in [-0.39, 0.29) is 11.6 Å². The van der Waals surface area contributed by atoms with Gasteiger partial charge in [-0.1, -0.05) is 6.07 Å². The van der Waals surface area contributed by atoms with E-state index >= 15 is 0 Å². The fourth-order valence-corrected chi connectivity index (χ4v) is 2.72. The van der Waals surface area contributed by atoms with E-state index in [0.29, 0.717) is 29.8 Å². The third-order valence-corrected chi connectivity index (χ3v) is 4.32. The van der Waals surface area contributed by atoms with Crippen LogP contribution in [0.5, 0.6) is 0 Å². The number of carbonyl (C=O) groups excluding carboxylic acids is 2. The van der Waals surface area contributed by atoms with E-state index in [0.717, 1.165) is 5.56 Å². The summed E-state index contributed by atoms with van der Waals surface area (Å²) < 4.78 is 0. The molecule has 3 rings (SSSR count). The van der Waals surface area contributed by atoms with Crippen LogP contribution < -0.4 is 5.32 Å². The van der Waals surface area contributed by atoms with Gasteiger partial charge in [-0.15, -0.1) is 0 Å². The first-order valence-corrected chi connectivity index (χ1v) is 8.99. The predicted octanol–water partition coefficient (Wildman–Crippen LogP) is 2.92. The quantitative estimate of drug-likeness (QED) is 0.703. The van der Waals surface area contributed by atoms with Gasteiger partial charge in [-0.2, -0.15) is 5.26 Å². The van der Waals surface area contributed by atoms with Crippen LogP contribution in [0.25, 0.3) is 0 Å². The van der Waals surface area contributed by atoms with E-state index in [2.05, 4.69) is 15.3 Å². The lowest BCUT2D eigenvalue weighted by Crippen LogP contribution is -2.29. The van der Waals surface area contributed by atoms with Crippen LogP contribution in [-0.2, 0) is 6.42 Å². The first kappa shape index (κ1) is 19.7. The van der Waals surface area contributed by atoms with Crippen molar-refractivity contribution in [3.63, 3.8) is 0 Å². The van der Waals surface area contributed by atoms with Gasteiger partial charge in [0.25, 0.3) is 11.8 Å². The molecule has 29 heavy (non-hydrogen) atoms. The van der Waals surface area contributed by atoms with Crippen LogP contribution in [-0.4, -0.2) is 40.3 Å². The number of hydrogen-bond donors (Lipinski definition) is 1. The van der Waals surface area contributed by atoms with Gasteiger partial charge in [-0.05, 0) is 54.4 Å². The van der Waals surface area contributed by atoms with Gasteiger partial charge in [0.2, 0.25) is 0 Å². The highest BCUT2D eigenvalue weighted by Gasteiger charge is 2.15. The summed E-state index contributed by atoms with van der Waals surface area (Å²) in [7, 11) is 1.72. The fraction of sp³-hybridized carbons (Fsp3) is 0.136. The van der Waals surface area contributed by atoms with Gasteiger partial charge in [-0.25, -0.2) is 0 Å². The molecular formula is C22H19N5O2. The second-order valence-electron chi connectivity index (χ2n) is 6.41. The van der Waals surface area contributed by atoms with Crippen molar-refractivity contribution in [2.24, 2.45) is 0 Å². The van der Waals surface area contributed by atoms with Crippen molar-refractivity contribution in [3.8, 4) is 6.07 Å². The minimum absolute atomic E-state index is 0.126. The van der Waals surface area contributed by atoms with E-state index in [9.17, 15) is 9.59 Å². The molecule has 0 saturated heterocycles. The van der Waals surface area contributed by atoms with Gasteiger partial charge >= 0.3 is 0 Å². The van der Waals surface area contributed by atoms with Gasteiger partial charge in [0.1, 0.15) is 5.69 Å². The number of nitriles is 1. The Hall–Kier alpha value is -4.05. The Balaban J connectivity index is 1.66. The predicted molar refractivity (Wildman–Crippen MR) is 108 cm³/mol. The molecule has 0 fully saturated rings. The molecule has 0 aliphatic heterocycles. The third kappa shape index (κ3) is 5.23. The summed E-state index contributed by atoms with van der Waals surface area (Å²) in [5.41, 5.74) is 2.53. The van der Waals surface area contributed by atoms with Gasteiger partial charge in [0, 0.05) is 43.4 Å². The number of benzene rings is 1. The molecular weight excluding hydrogens is 366 g/mol. The Morgan fingerprint density at radius 3 is 2.66 bits per heavy atom. The average molecular weight is 385 g/mol. The van der Waals surface area contributed by atoms with Gasteiger partial charge in [0.15, 0.2) is 0 Å². The highest BCUT2D eigenvalue weighted by Crippen LogP contribution is 2.12. The van der Waals surface area contributed by atoms with E-state index in [1.807, 2.05) is 18.2 Å². The minimum atomic E-state index is -0.450. The molecule has 0 radical (unpaired) electrons. The van der Waals surface area contributed by atoms with Crippen LogP contribution in [0.2, 0.25) is 0 Å². The lowest BCUT2D eigenvalue weighted by molar-refractivity contribution is 0.0796. The lowest BCUT2D eigenvalue weighted by Gasteiger charge is -2.17. The summed E-state index contributed by atoms with van der Waals surface area (Å²) in [6.07, 6.45) is 5.58. The molecule has 0 atom stereocenters. The van der Waals surface area contributed by atoms with Crippen molar-refractivity contribution in [1.29, 1.82) is 5.26 Å².